The molecule has 0 radical (unpaired) electrons. The van der Waals surface area contributed by atoms with E-state index >= 15 is 0 Å². The summed E-state index contributed by atoms with van der Waals surface area (Å²) in [5.41, 5.74) is 3.15. The highest BCUT2D eigenvalue weighted by Crippen LogP contribution is 2.30. The summed E-state index contributed by atoms with van der Waals surface area (Å²) in [5.74, 6) is 1.88. The average molecular weight is 351 g/mol. The number of aromatic nitrogens is 3. The number of fused-ring (bicyclic) bond motifs is 1. The molecule has 1 amide bonds. The van der Waals surface area contributed by atoms with Gasteiger partial charge >= 0.3 is 0 Å². The van der Waals surface area contributed by atoms with Crippen molar-refractivity contribution >= 4 is 11.7 Å². The zero-order chi connectivity index (χ0) is 17.9. The molecule has 0 saturated carbocycles. The van der Waals surface area contributed by atoms with Gasteiger partial charge in [-0.1, -0.05) is 12.8 Å². The minimum absolute atomic E-state index is 0.119. The first kappa shape index (κ1) is 16.9. The second-order valence-corrected chi connectivity index (χ2v) is 7.13. The third-order valence-electron chi connectivity index (χ3n) is 5.31. The van der Waals surface area contributed by atoms with Crippen LogP contribution >= 0.6 is 0 Å². The predicted molar refractivity (Wildman–Crippen MR) is 101 cm³/mol. The lowest BCUT2D eigenvalue weighted by molar-refractivity contribution is -0.129. The Morgan fingerprint density at radius 1 is 1.08 bits per heavy atom. The number of pyridine rings is 1. The SMILES string of the molecule is CC(=O)N1CCc2nc(-c3cccnc3)nc(N3CCCCCC3)c2C1. The van der Waals surface area contributed by atoms with E-state index in [2.05, 4.69) is 9.88 Å². The second-order valence-electron chi connectivity index (χ2n) is 7.13. The predicted octanol–water partition coefficient (Wildman–Crippen LogP) is 2.82. The lowest BCUT2D eigenvalue weighted by Crippen LogP contribution is -2.37. The van der Waals surface area contributed by atoms with Crippen LogP contribution in [0.2, 0.25) is 0 Å². The molecular formula is C20H25N5O. The normalized spacial score (nSPS) is 17.6. The van der Waals surface area contributed by atoms with E-state index in [1.54, 1.807) is 13.1 Å². The van der Waals surface area contributed by atoms with E-state index in [-0.39, 0.29) is 5.91 Å². The maximum Gasteiger partial charge on any atom is 0.219 e. The Kier molecular flexibility index (Phi) is 4.82. The molecule has 0 N–H and O–H groups in total. The van der Waals surface area contributed by atoms with Crippen molar-refractivity contribution in [3.63, 3.8) is 0 Å². The monoisotopic (exact) mass is 351 g/mol. The Hall–Kier alpha value is -2.50. The zero-order valence-corrected chi connectivity index (χ0v) is 15.3. The summed E-state index contributed by atoms with van der Waals surface area (Å²) < 4.78 is 0. The van der Waals surface area contributed by atoms with Gasteiger partial charge in [0.25, 0.3) is 0 Å². The molecule has 2 aliphatic rings. The summed E-state index contributed by atoms with van der Waals surface area (Å²) in [4.78, 5) is 30.2. The van der Waals surface area contributed by atoms with Gasteiger partial charge in [-0.15, -0.1) is 0 Å². The fourth-order valence-electron chi connectivity index (χ4n) is 3.83. The quantitative estimate of drug-likeness (QED) is 0.832. The second kappa shape index (κ2) is 7.40. The summed E-state index contributed by atoms with van der Waals surface area (Å²) in [6.45, 7) is 5.03. The third-order valence-corrected chi connectivity index (χ3v) is 5.31. The lowest BCUT2D eigenvalue weighted by atomic mass is 10.0. The fraction of sp³-hybridized carbons (Fsp3) is 0.500. The molecule has 0 aliphatic carbocycles. The Balaban J connectivity index is 1.79. The average Bonchev–Trinajstić information content (AvgIpc) is 2.96. The van der Waals surface area contributed by atoms with Gasteiger partial charge in [-0.25, -0.2) is 9.97 Å². The van der Waals surface area contributed by atoms with E-state index in [0.717, 1.165) is 54.5 Å². The summed E-state index contributed by atoms with van der Waals surface area (Å²) >= 11 is 0. The highest BCUT2D eigenvalue weighted by atomic mass is 16.2. The topological polar surface area (TPSA) is 62.2 Å². The summed E-state index contributed by atoms with van der Waals surface area (Å²) in [6, 6.07) is 3.92. The number of hydrogen-bond acceptors (Lipinski definition) is 5. The van der Waals surface area contributed by atoms with Crippen LogP contribution in [-0.2, 0) is 17.8 Å². The first-order valence-corrected chi connectivity index (χ1v) is 9.53. The standard InChI is InChI=1S/C20H25N5O/c1-15(26)25-12-8-18-17(14-25)20(24-10-4-2-3-5-11-24)23-19(22-18)16-7-6-9-21-13-16/h6-7,9,13H,2-5,8,10-12,14H2,1H3. The molecule has 0 aromatic carbocycles. The maximum atomic E-state index is 11.9. The van der Waals surface area contributed by atoms with Crippen molar-refractivity contribution in [2.24, 2.45) is 0 Å². The molecule has 1 fully saturated rings. The molecule has 136 valence electrons. The van der Waals surface area contributed by atoms with Crippen LogP contribution in [0.3, 0.4) is 0 Å². The van der Waals surface area contributed by atoms with E-state index in [4.69, 9.17) is 9.97 Å². The molecule has 26 heavy (non-hydrogen) atoms. The van der Waals surface area contributed by atoms with Crippen LogP contribution < -0.4 is 4.90 Å². The molecule has 1 saturated heterocycles. The first-order chi connectivity index (χ1) is 12.7. The van der Waals surface area contributed by atoms with Crippen molar-refractivity contribution in [3.05, 3.63) is 35.8 Å². The molecule has 6 nitrogen and oxygen atoms in total. The molecule has 4 rings (SSSR count). The van der Waals surface area contributed by atoms with Gasteiger partial charge in [0.1, 0.15) is 5.82 Å². The van der Waals surface area contributed by atoms with E-state index in [1.165, 1.54) is 25.7 Å². The molecule has 0 atom stereocenters. The van der Waals surface area contributed by atoms with Crippen LogP contribution in [0.1, 0.15) is 43.9 Å². The van der Waals surface area contributed by atoms with Crippen molar-refractivity contribution in [3.8, 4) is 11.4 Å². The van der Waals surface area contributed by atoms with E-state index in [1.807, 2.05) is 23.2 Å². The largest absolute Gasteiger partial charge is 0.356 e. The van der Waals surface area contributed by atoms with E-state index < -0.39 is 0 Å². The van der Waals surface area contributed by atoms with Gasteiger partial charge in [0, 0.05) is 56.5 Å². The Morgan fingerprint density at radius 2 is 1.88 bits per heavy atom. The van der Waals surface area contributed by atoms with E-state index in [0.29, 0.717) is 6.54 Å². The van der Waals surface area contributed by atoms with Crippen molar-refractivity contribution < 1.29 is 4.79 Å². The highest BCUT2D eigenvalue weighted by molar-refractivity contribution is 5.74. The number of carbonyl (C=O) groups excluding carboxylic acids is 1. The fourth-order valence-corrected chi connectivity index (χ4v) is 3.83. The maximum absolute atomic E-state index is 11.9. The minimum atomic E-state index is 0.119. The Morgan fingerprint density at radius 3 is 2.58 bits per heavy atom. The van der Waals surface area contributed by atoms with Crippen molar-refractivity contribution in [1.29, 1.82) is 0 Å². The summed E-state index contributed by atoms with van der Waals surface area (Å²) in [6.07, 6.45) is 9.30. The number of hydrogen-bond donors (Lipinski definition) is 0. The van der Waals surface area contributed by atoms with Gasteiger partial charge in [0.2, 0.25) is 5.91 Å². The van der Waals surface area contributed by atoms with Crippen LogP contribution in [0.15, 0.2) is 24.5 Å². The minimum Gasteiger partial charge on any atom is -0.356 e. The van der Waals surface area contributed by atoms with Crippen LogP contribution in [0.4, 0.5) is 5.82 Å². The van der Waals surface area contributed by atoms with Crippen molar-refractivity contribution in [2.45, 2.75) is 45.6 Å². The van der Waals surface area contributed by atoms with Crippen LogP contribution in [0.5, 0.6) is 0 Å². The Bertz CT molecular complexity index is 784. The number of amides is 1. The molecule has 2 aromatic rings. The van der Waals surface area contributed by atoms with Crippen molar-refractivity contribution in [2.75, 3.05) is 24.5 Å². The third kappa shape index (κ3) is 3.41. The number of anilines is 1. The molecular weight excluding hydrogens is 326 g/mol. The summed E-state index contributed by atoms with van der Waals surface area (Å²) in [5, 5.41) is 0. The van der Waals surface area contributed by atoms with Crippen LogP contribution in [0.25, 0.3) is 11.4 Å². The first-order valence-electron chi connectivity index (χ1n) is 9.53. The number of rotatable bonds is 2. The number of carbonyl (C=O) groups is 1. The summed E-state index contributed by atoms with van der Waals surface area (Å²) in [7, 11) is 0. The van der Waals surface area contributed by atoms with Gasteiger partial charge in [-0.2, -0.15) is 0 Å². The zero-order valence-electron chi connectivity index (χ0n) is 15.3. The Labute approximate surface area is 154 Å². The van der Waals surface area contributed by atoms with Crippen LogP contribution in [0, 0.1) is 0 Å². The smallest absolute Gasteiger partial charge is 0.219 e. The molecule has 0 bridgehead atoms. The number of nitrogens with zero attached hydrogens (tertiary/aromatic N) is 5. The van der Waals surface area contributed by atoms with E-state index in [9.17, 15) is 4.79 Å². The van der Waals surface area contributed by atoms with Gasteiger partial charge in [-0.05, 0) is 25.0 Å². The van der Waals surface area contributed by atoms with Gasteiger partial charge in [0.15, 0.2) is 5.82 Å². The molecule has 0 spiro atoms. The molecule has 4 heterocycles. The lowest BCUT2D eigenvalue weighted by Gasteiger charge is -2.32. The van der Waals surface area contributed by atoms with Gasteiger partial charge in [0.05, 0.1) is 12.2 Å². The molecule has 0 unspecified atom stereocenters. The molecule has 2 aliphatic heterocycles. The highest BCUT2D eigenvalue weighted by Gasteiger charge is 2.27. The van der Waals surface area contributed by atoms with Gasteiger partial charge in [-0.3, -0.25) is 9.78 Å². The van der Waals surface area contributed by atoms with Gasteiger partial charge < -0.3 is 9.80 Å². The van der Waals surface area contributed by atoms with Crippen molar-refractivity contribution in [1.82, 2.24) is 19.9 Å². The molecule has 6 heteroatoms. The van der Waals surface area contributed by atoms with Crippen LogP contribution in [-0.4, -0.2) is 45.4 Å². The molecule has 2 aromatic heterocycles.